The first-order chi connectivity index (χ1) is 12.3. The van der Waals surface area contributed by atoms with Crippen LogP contribution in [0.1, 0.15) is 25.7 Å². The molecule has 0 saturated carbocycles. The normalized spacial score (nSPS) is 19.8. The zero-order valence-corrected chi connectivity index (χ0v) is 14.1. The Kier molecular flexibility index (Phi) is 3.41. The molecule has 2 saturated heterocycles. The lowest BCUT2D eigenvalue weighted by molar-refractivity contribution is 0.296. The van der Waals surface area contributed by atoms with Gasteiger partial charge in [-0.05, 0) is 56.5 Å². The third-order valence-corrected chi connectivity index (χ3v) is 5.56. The Labute approximate surface area is 146 Å². The zero-order chi connectivity index (χ0) is 16.7. The molecule has 0 amide bonds. The van der Waals surface area contributed by atoms with Gasteiger partial charge in [0.25, 0.3) is 0 Å². The highest BCUT2D eigenvalue weighted by atomic mass is 15.4. The summed E-state index contributed by atoms with van der Waals surface area (Å²) in [7, 11) is 0. The van der Waals surface area contributed by atoms with Crippen LogP contribution in [0.2, 0.25) is 0 Å². The second kappa shape index (κ2) is 5.77. The predicted octanol–water partition coefficient (Wildman–Crippen LogP) is 1.91. The number of rotatable bonds is 2. The molecule has 128 valence electrons. The standard InChI is InChI=1S/C18H21N7/c1-6-18(20-9-1)7-12-24(13-8-18)16-3-2-15-21-22-17(25(15)23-16)14-4-10-19-11-5-14/h2-5,10-11,20H,1,6-9,12-13H2. The summed E-state index contributed by atoms with van der Waals surface area (Å²) in [5, 5.41) is 17.1. The Morgan fingerprint density at radius 2 is 1.80 bits per heavy atom. The number of nitrogens with one attached hydrogen (secondary N) is 1. The molecule has 5 rings (SSSR count). The number of hydrogen-bond acceptors (Lipinski definition) is 6. The fourth-order valence-corrected chi connectivity index (χ4v) is 4.09. The van der Waals surface area contributed by atoms with E-state index in [9.17, 15) is 0 Å². The van der Waals surface area contributed by atoms with Crippen molar-refractivity contribution in [2.45, 2.75) is 31.2 Å². The van der Waals surface area contributed by atoms with Crippen LogP contribution in [0.5, 0.6) is 0 Å². The summed E-state index contributed by atoms with van der Waals surface area (Å²) in [6, 6.07) is 7.92. The minimum absolute atomic E-state index is 0.374. The van der Waals surface area contributed by atoms with Crippen molar-refractivity contribution < 1.29 is 0 Å². The Balaban J connectivity index is 1.45. The smallest absolute Gasteiger partial charge is 0.185 e. The third kappa shape index (κ3) is 2.55. The molecule has 1 spiro atoms. The Bertz CT molecular complexity index is 873. The largest absolute Gasteiger partial charge is 0.355 e. The van der Waals surface area contributed by atoms with E-state index in [-0.39, 0.29) is 0 Å². The molecule has 0 unspecified atom stereocenters. The van der Waals surface area contributed by atoms with Gasteiger partial charge in [0.05, 0.1) is 0 Å². The molecule has 2 fully saturated rings. The first kappa shape index (κ1) is 14.8. The Morgan fingerprint density at radius 1 is 0.960 bits per heavy atom. The Hall–Kier alpha value is -2.54. The van der Waals surface area contributed by atoms with E-state index in [1.165, 1.54) is 32.2 Å². The van der Waals surface area contributed by atoms with E-state index in [2.05, 4.69) is 31.5 Å². The van der Waals surface area contributed by atoms with E-state index in [0.29, 0.717) is 5.54 Å². The number of piperidine rings is 1. The van der Waals surface area contributed by atoms with Crippen molar-refractivity contribution in [1.29, 1.82) is 0 Å². The molecule has 1 N–H and O–H groups in total. The number of pyridine rings is 1. The molecule has 7 nitrogen and oxygen atoms in total. The summed E-state index contributed by atoms with van der Waals surface area (Å²) < 4.78 is 1.84. The fraction of sp³-hybridized carbons (Fsp3) is 0.444. The van der Waals surface area contributed by atoms with E-state index in [1.807, 2.05) is 22.7 Å². The molecule has 3 aromatic heterocycles. The first-order valence-electron chi connectivity index (χ1n) is 8.96. The summed E-state index contributed by atoms with van der Waals surface area (Å²) in [6.07, 6.45) is 8.52. The van der Waals surface area contributed by atoms with Crippen LogP contribution in [0.4, 0.5) is 5.82 Å². The quantitative estimate of drug-likeness (QED) is 0.771. The molecule has 0 aromatic carbocycles. The maximum atomic E-state index is 4.83. The molecule has 0 radical (unpaired) electrons. The van der Waals surface area contributed by atoms with Gasteiger partial charge >= 0.3 is 0 Å². The molecule has 7 heteroatoms. The lowest BCUT2D eigenvalue weighted by Crippen LogP contribution is -2.50. The van der Waals surface area contributed by atoms with Gasteiger partial charge in [-0.15, -0.1) is 15.3 Å². The first-order valence-corrected chi connectivity index (χ1v) is 8.96. The Morgan fingerprint density at radius 3 is 2.56 bits per heavy atom. The highest BCUT2D eigenvalue weighted by Crippen LogP contribution is 2.32. The highest BCUT2D eigenvalue weighted by Gasteiger charge is 2.37. The van der Waals surface area contributed by atoms with Crippen LogP contribution in [-0.4, -0.2) is 50.0 Å². The summed E-state index contributed by atoms with van der Waals surface area (Å²) in [5.74, 6) is 1.75. The average molecular weight is 335 g/mol. The van der Waals surface area contributed by atoms with Crippen molar-refractivity contribution in [3.05, 3.63) is 36.7 Å². The van der Waals surface area contributed by atoms with Crippen LogP contribution in [0, 0.1) is 0 Å². The van der Waals surface area contributed by atoms with E-state index in [4.69, 9.17) is 5.10 Å². The molecular formula is C18H21N7. The summed E-state index contributed by atoms with van der Waals surface area (Å²) in [6.45, 7) is 3.25. The highest BCUT2D eigenvalue weighted by molar-refractivity contribution is 5.59. The lowest BCUT2D eigenvalue weighted by atomic mass is 9.86. The van der Waals surface area contributed by atoms with Crippen LogP contribution < -0.4 is 10.2 Å². The maximum absolute atomic E-state index is 4.83. The van der Waals surface area contributed by atoms with Gasteiger partial charge in [0.15, 0.2) is 11.5 Å². The summed E-state index contributed by atoms with van der Waals surface area (Å²) in [4.78, 5) is 6.45. The van der Waals surface area contributed by atoms with Gasteiger partial charge < -0.3 is 10.2 Å². The molecule has 0 bridgehead atoms. The van der Waals surface area contributed by atoms with E-state index in [0.717, 1.165) is 35.9 Å². The predicted molar refractivity (Wildman–Crippen MR) is 95.4 cm³/mol. The van der Waals surface area contributed by atoms with Gasteiger partial charge in [-0.25, -0.2) is 0 Å². The van der Waals surface area contributed by atoms with Crippen molar-refractivity contribution >= 4 is 11.5 Å². The third-order valence-electron chi connectivity index (χ3n) is 5.56. The minimum atomic E-state index is 0.374. The number of nitrogens with zero attached hydrogens (tertiary/aromatic N) is 6. The van der Waals surface area contributed by atoms with Gasteiger partial charge in [0.2, 0.25) is 0 Å². The van der Waals surface area contributed by atoms with E-state index < -0.39 is 0 Å². The van der Waals surface area contributed by atoms with Gasteiger partial charge in [-0.3, -0.25) is 4.98 Å². The van der Waals surface area contributed by atoms with Crippen LogP contribution in [0.3, 0.4) is 0 Å². The van der Waals surface area contributed by atoms with Crippen molar-refractivity contribution in [2.24, 2.45) is 0 Å². The van der Waals surface area contributed by atoms with Gasteiger partial charge in [0.1, 0.15) is 5.82 Å². The molecule has 25 heavy (non-hydrogen) atoms. The van der Waals surface area contributed by atoms with Crippen LogP contribution in [0.25, 0.3) is 17.0 Å². The molecule has 0 atom stereocenters. The molecule has 2 aliphatic rings. The zero-order valence-electron chi connectivity index (χ0n) is 14.1. The fourth-order valence-electron chi connectivity index (χ4n) is 4.09. The number of anilines is 1. The van der Waals surface area contributed by atoms with Crippen molar-refractivity contribution in [1.82, 2.24) is 30.1 Å². The summed E-state index contributed by atoms with van der Waals surface area (Å²) in [5.41, 5.74) is 2.11. The molecule has 0 aliphatic carbocycles. The lowest BCUT2D eigenvalue weighted by Gasteiger charge is -2.40. The average Bonchev–Trinajstić information content (AvgIpc) is 3.30. The van der Waals surface area contributed by atoms with Crippen molar-refractivity contribution in [3.8, 4) is 11.4 Å². The second-order valence-electron chi connectivity index (χ2n) is 7.02. The van der Waals surface area contributed by atoms with Crippen LogP contribution in [0.15, 0.2) is 36.7 Å². The summed E-state index contributed by atoms with van der Waals surface area (Å²) >= 11 is 0. The van der Waals surface area contributed by atoms with Crippen LogP contribution in [-0.2, 0) is 0 Å². The molecule has 2 aliphatic heterocycles. The van der Waals surface area contributed by atoms with E-state index >= 15 is 0 Å². The minimum Gasteiger partial charge on any atom is -0.355 e. The number of hydrogen-bond donors (Lipinski definition) is 1. The van der Waals surface area contributed by atoms with Gasteiger partial charge in [-0.2, -0.15) is 4.52 Å². The molecule has 3 aromatic rings. The number of fused-ring (bicyclic) bond motifs is 1. The second-order valence-corrected chi connectivity index (χ2v) is 7.02. The SMILES string of the molecule is c1cc(-c2nnc3ccc(N4CCC5(CCCN5)CC4)nn23)ccn1. The van der Waals surface area contributed by atoms with Gasteiger partial charge in [0, 0.05) is 36.6 Å². The topological polar surface area (TPSA) is 71.2 Å². The van der Waals surface area contributed by atoms with E-state index in [1.54, 1.807) is 12.4 Å². The molecule has 5 heterocycles. The van der Waals surface area contributed by atoms with Gasteiger partial charge in [-0.1, -0.05) is 0 Å². The number of aromatic nitrogens is 5. The molecular weight excluding hydrogens is 314 g/mol. The van der Waals surface area contributed by atoms with Crippen molar-refractivity contribution in [2.75, 3.05) is 24.5 Å². The monoisotopic (exact) mass is 335 g/mol. The maximum Gasteiger partial charge on any atom is 0.185 e. The van der Waals surface area contributed by atoms with Crippen LogP contribution >= 0.6 is 0 Å². The van der Waals surface area contributed by atoms with Crippen molar-refractivity contribution in [3.63, 3.8) is 0 Å².